The van der Waals surface area contributed by atoms with Gasteiger partial charge in [-0.15, -0.1) is 0 Å². The van der Waals surface area contributed by atoms with E-state index in [2.05, 4.69) is 168 Å². The minimum atomic E-state index is 0.180. The molecule has 6 aromatic rings. The largest absolute Gasteiger partial charge is 0.296 e. The van der Waals surface area contributed by atoms with Gasteiger partial charge in [0, 0.05) is 11.6 Å². The van der Waals surface area contributed by atoms with E-state index in [1.165, 1.54) is 82.9 Å². The molecule has 1 heterocycles. The van der Waals surface area contributed by atoms with Gasteiger partial charge in [-0.05, 0) is 153 Å². The van der Waals surface area contributed by atoms with E-state index in [-0.39, 0.29) is 5.92 Å². The van der Waals surface area contributed by atoms with Gasteiger partial charge >= 0.3 is 0 Å². The van der Waals surface area contributed by atoms with Gasteiger partial charge in [-0.2, -0.15) is 0 Å². The number of imidazole rings is 1. The van der Waals surface area contributed by atoms with Crippen LogP contribution in [-0.2, 0) is 6.42 Å². The Morgan fingerprint density at radius 2 is 1.45 bits per heavy atom. The third-order valence-corrected chi connectivity index (χ3v) is 12.6. The van der Waals surface area contributed by atoms with Crippen molar-refractivity contribution in [3.8, 4) is 11.1 Å². The molecule has 0 bridgehead atoms. The van der Waals surface area contributed by atoms with E-state index in [0.717, 1.165) is 68.2 Å². The quantitative estimate of drug-likeness (QED) is 0.162. The first kappa shape index (κ1) is 33.1. The van der Waals surface area contributed by atoms with Crippen LogP contribution in [0.5, 0.6) is 0 Å². The minimum absolute atomic E-state index is 0.180. The second kappa shape index (κ2) is 13.8. The van der Waals surface area contributed by atoms with Crippen LogP contribution in [0.3, 0.4) is 0 Å². The van der Waals surface area contributed by atoms with Crippen molar-refractivity contribution < 1.29 is 0 Å². The highest BCUT2D eigenvalue weighted by Gasteiger charge is 2.24. The molecular formula is C54H44N2. The fourth-order valence-corrected chi connectivity index (χ4v) is 9.82. The highest BCUT2D eigenvalue weighted by molar-refractivity contribution is 6.19. The summed E-state index contributed by atoms with van der Waals surface area (Å²) in [5.41, 5.74) is 17.3. The summed E-state index contributed by atoms with van der Waals surface area (Å²) in [5.74, 6) is 1.28. The van der Waals surface area contributed by atoms with E-state index in [1.807, 2.05) is 0 Å². The van der Waals surface area contributed by atoms with Crippen molar-refractivity contribution in [3.05, 3.63) is 197 Å². The number of aryl methyl sites for hydroxylation is 1. The maximum atomic E-state index is 5.24. The van der Waals surface area contributed by atoms with E-state index >= 15 is 0 Å². The van der Waals surface area contributed by atoms with Gasteiger partial charge in [0.15, 0.2) is 0 Å². The number of para-hydroxylation sites is 2. The fourth-order valence-electron chi connectivity index (χ4n) is 9.82. The summed E-state index contributed by atoms with van der Waals surface area (Å²) in [6.45, 7) is 0. The van der Waals surface area contributed by atoms with Gasteiger partial charge in [0.05, 0.1) is 11.0 Å². The first-order valence-electron chi connectivity index (χ1n) is 20.5. The lowest BCUT2D eigenvalue weighted by atomic mass is 9.79. The lowest BCUT2D eigenvalue weighted by Gasteiger charge is -2.25. The molecule has 0 saturated heterocycles. The monoisotopic (exact) mass is 720 g/mol. The van der Waals surface area contributed by atoms with Crippen LogP contribution in [0.2, 0.25) is 0 Å². The predicted molar refractivity (Wildman–Crippen MR) is 238 cm³/mol. The molecule has 11 rings (SSSR count). The van der Waals surface area contributed by atoms with Crippen molar-refractivity contribution in [1.82, 2.24) is 9.55 Å². The summed E-state index contributed by atoms with van der Waals surface area (Å²) < 4.78 is 2.37. The summed E-state index contributed by atoms with van der Waals surface area (Å²) in [6, 6.07) is 32.2. The third kappa shape index (κ3) is 5.66. The molecule has 56 heavy (non-hydrogen) atoms. The van der Waals surface area contributed by atoms with Gasteiger partial charge in [0.2, 0.25) is 0 Å². The van der Waals surface area contributed by atoms with Crippen LogP contribution >= 0.6 is 0 Å². The Morgan fingerprint density at radius 1 is 0.607 bits per heavy atom. The summed E-state index contributed by atoms with van der Waals surface area (Å²) in [4.78, 5) is 5.24. The first-order valence-corrected chi connectivity index (χ1v) is 20.5. The summed E-state index contributed by atoms with van der Waals surface area (Å²) in [7, 11) is 0. The highest BCUT2D eigenvalue weighted by Crippen LogP contribution is 2.47. The van der Waals surface area contributed by atoms with Crippen LogP contribution in [0.15, 0.2) is 169 Å². The number of aromatic nitrogens is 2. The average Bonchev–Trinajstić information content (AvgIpc) is 3.44. The van der Waals surface area contributed by atoms with E-state index in [0.29, 0.717) is 0 Å². The van der Waals surface area contributed by atoms with Crippen molar-refractivity contribution >= 4 is 55.5 Å². The molecule has 5 aliphatic rings. The molecule has 0 N–H and O–H groups in total. The normalized spacial score (nSPS) is 18.9. The Balaban J connectivity index is 1.05. The topological polar surface area (TPSA) is 17.8 Å². The Morgan fingerprint density at radius 3 is 2.38 bits per heavy atom. The molecule has 0 radical (unpaired) electrons. The van der Waals surface area contributed by atoms with E-state index in [1.54, 1.807) is 0 Å². The zero-order valence-corrected chi connectivity index (χ0v) is 31.7. The summed E-state index contributed by atoms with van der Waals surface area (Å²) in [6.07, 6.45) is 38.5. The van der Waals surface area contributed by atoms with Crippen LogP contribution < -0.4 is 0 Å². The van der Waals surface area contributed by atoms with Gasteiger partial charge in [0.25, 0.3) is 0 Å². The molecule has 0 aliphatic heterocycles. The molecule has 5 aliphatic carbocycles. The number of allylic oxidation sites excluding steroid dienone is 17. The van der Waals surface area contributed by atoms with Crippen LogP contribution in [0.4, 0.5) is 0 Å². The van der Waals surface area contributed by atoms with Crippen LogP contribution in [-0.4, -0.2) is 9.55 Å². The number of benzene rings is 5. The van der Waals surface area contributed by atoms with E-state index < -0.39 is 0 Å². The van der Waals surface area contributed by atoms with Gasteiger partial charge in [-0.1, -0.05) is 140 Å². The second-order valence-corrected chi connectivity index (χ2v) is 15.9. The zero-order chi connectivity index (χ0) is 37.0. The molecule has 0 fully saturated rings. The van der Waals surface area contributed by atoms with Gasteiger partial charge < -0.3 is 0 Å². The number of hydrogen-bond donors (Lipinski definition) is 0. The van der Waals surface area contributed by atoms with Crippen LogP contribution in [0.25, 0.3) is 66.6 Å². The second-order valence-electron chi connectivity index (χ2n) is 15.9. The van der Waals surface area contributed by atoms with Crippen molar-refractivity contribution in [3.63, 3.8) is 0 Å². The molecule has 2 nitrogen and oxygen atoms in total. The maximum Gasteiger partial charge on any atom is 0.121 e. The fraction of sp³-hybridized carbons (Fsp3) is 0.167. The van der Waals surface area contributed by atoms with E-state index in [9.17, 15) is 0 Å². The lowest BCUT2D eigenvalue weighted by molar-refractivity contribution is 0.766. The number of hydrogen-bond acceptors (Lipinski definition) is 1. The van der Waals surface area contributed by atoms with Gasteiger partial charge in [-0.3, -0.25) is 4.57 Å². The highest BCUT2D eigenvalue weighted by atomic mass is 15.1. The molecule has 0 saturated carbocycles. The molecule has 0 spiro atoms. The molecular weight excluding hydrogens is 677 g/mol. The zero-order valence-electron chi connectivity index (χ0n) is 31.7. The minimum Gasteiger partial charge on any atom is -0.296 e. The molecule has 1 atom stereocenters. The smallest absolute Gasteiger partial charge is 0.121 e. The Bertz CT molecular complexity index is 2910. The van der Waals surface area contributed by atoms with Crippen molar-refractivity contribution in [2.24, 2.45) is 0 Å². The van der Waals surface area contributed by atoms with Gasteiger partial charge in [0.1, 0.15) is 5.82 Å². The molecule has 0 amide bonds. The molecule has 270 valence electrons. The molecule has 1 unspecified atom stereocenters. The third-order valence-electron chi connectivity index (χ3n) is 12.6. The van der Waals surface area contributed by atoms with Gasteiger partial charge in [-0.25, -0.2) is 4.98 Å². The maximum absolute atomic E-state index is 5.24. The number of rotatable bonds is 5. The first-order chi connectivity index (χ1) is 27.8. The standard InChI is InChI=1S/C54H44N2/c1-2-4-18-45(17-3-1)56-51-22-12-11-21-50(51)55-54(56)39-27-23-38(24-28-39)42-31-32-48-49(35-42)53(44-30-26-37-14-6-8-16-41(37)34-44)47-20-10-9-19-46(47)52(48)43-29-25-36-13-5-7-15-40(36)33-43/h1-3,5-6,9-14,17-24,26-27,30-35,39H,4,7-8,15-16,25,28-29H2. The Labute approximate surface area is 329 Å². The van der Waals surface area contributed by atoms with Crippen molar-refractivity contribution in [2.75, 3.05) is 0 Å². The number of fused-ring (bicyclic) bond motifs is 4. The van der Waals surface area contributed by atoms with Crippen LogP contribution in [0, 0.1) is 0 Å². The average molecular weight is 721 g/mol. The summed E-state index contributed by atoms with van der Waals surface area (Å²) >= 11 is 0. The lowest BCUT2D eigenvalue weighted by Crippen LogP contribution is -2.08. The van der Waals surface area contributed by atoms with Crippen molar-refractivity contribution in [1.29, 1.82) is 0 Å². The molecule has 5 aromatic carbocycles. The molecule has 1 aromatic heterocycles. The van der Waals surface area contributed by atoms with E-state index in [4.69, 9.17) is 4.98 Å². The Kier molecular flexibility index (Phi) is 8.16. The van der Waals surface area contributed by atoms with Crippen LogP contribution in [0.1, 0.15) is 78.9 Å². The summed E-state index contributed by atoms with van der Waals surface area (Å²) in [5, 5.41) is 5.39. The SMILES string of the molecule is C1=CCC=C(n2c(C3C=CC(c4ccc5c(C6=CC7=C(C=CCC7)CC6)c6ccccc6c(-c6ccc7c(c6)CCC=C7)c5c4)=CC3)nc3ccccc32)C=C1. The van der Waals surface area contributed by atoms with Crippen molar-refractivity contribution in [2.45, 2.75) is 57.3 Å². The predicted octanol–water partition coefficient (Wildman–Crippen LogP) is 14.3. The Hall–Kier alpha value is -6.25. The number of nitrogens with zero attached hydrogens (tertiary/aromatic N) is 2. The molecule has 2 heteroatoms.